The van der Waals surface area contributed by atoms with Crippen molar-refractivity contribution in [2.24, 2.45) is 17.8 Å². The van der Waals surface area contributed by atoms with E-state index >= 15 is 0 Å². The van der Waals surface area contributed by atoms with Gasteiger partial charge < -0.3 is 4.74 Å². The smallest absolute Gasteiger partial charge is 0.309 e. The van der Waals surface area contributed by atoms with Gasteiger partial charge in [-0.3, -0.25) is 19.7 Å². The molecule has 1 unspecified atom stereocenters. The predicted molar refractivity (Wildman–Crippen MR) is 106 cm³/mol. The van der Waals surface area contributed by atoms with Crippen LogP contribution < -0.4 is 5.32 Å². The Morgan fingerprint density at radius 1 is 1.17 bits per heavy atom. The van der Waals surface area contributed by atoms with Gasteiger partial charge in [0.25, 0.3) is 5.91 Å². The Morgan fingerprint density at radius 2 is 1.90 bits per heavy atom. The zero-order valence-corrected chi connectivity index (χ0v) is 16.8. The highest BCUT2D eigenvalue weighted by atomic mass is 32.1. The Balaban J connectivity index is 1.29. The minimum absolute atomic E-state index is 0.0612. The molecule has 9 heteroatoms. The van der Waals surface area contributed by atoms with Crippen LogP contribution in [0.5, 0.6) is 0 Å². The molecular formula is C21H20F2N2O4S. The lowest BCUT2D eigenvalue weighted by atomic mass is 9.67. The maximum absolute atomic E-state index is 13.4. The molecule has 1 aromatic carbocycles. The van der Waals surface area contributed by atoms with Crippen molar-refractivity contribution in [3.63, 3.8) is 0 Å². The average molecular weight is 434 g/mol. The average Bonchev–Trinajstić information content (AvgIpc) is 3.16. The van der Waals surface area contributed by atoms with E-state index in [1.807, 2.05) is 0 Å². The lowest BCUT2D eigenvalue weighted by molar-refractivity contribution is -0.155. The quantitative estimate of drug-likeness (QED) is 0.720. The second-order valence-corrected chi connectivity index (χ2v) is 8.58. The molecule has 2 aromatic rings. The summed E-state index contributed by atoms with van der Waals surface area (Å²) in [5, 5.41) is 4.39. The van der Waals surface area contributed by atoms with E-state index in [0.29, 0.717) is 24.1 Å². The van der Waals surface area contributed by atoms with Crippen LogP contribution in [0.2, 0.25) is 0 Å². The predicted octanol–water partition coefficient (Wildman–Crippen LogP) is 3.97. The summed E-state index contributed by atoms with van der Waals surface area (Å²) in [6.45, 7) is -0.446. The number of hydrogen-bond donors (Lipinski definition) is 1. The number of hydrogen-bond acceptors (Lipinski definition) is 6. The molecule has 2 bridgehead atoms. The highest BCUT2D eigenvalue weighted by Crippen LogP contribution is 2.40. The van der Waals surface area contributed by atoms with E-state index in [0.717, 1.165) is 42.7 Å². The fourth-order valence-electron chi connectivity index (χ4n) is 4.20. The maximum Gasteiger partial charge on any atom is 0.309 e. The number of carbonyl (C=O) groups excluding carboxylic acids is 3. The molecule has 1 aromatic heterocycles. The van der Waals surface area contributed by atoms with Crippen molar-refractivity contribution in [2.75, 3.05) is 11.9 Å². The summed E-state index contributed by atoms with van der Waals surface area (Å²) in [6, 6.07) is 3.43. The number of carbonyl (C=O) groups is 3. The molecule has 0 aliphatic heterocycles. The van der Waals surface area contributed by atoms with Crippen LogP contribution >= 0.6 is 11.3 Å². The second kappa shape index (κ2) is 8.59. The molecular weight excluding hydrogens is 414 g/mol. The number of nitrogens with one attached hydrogen (secondary N) is 1. The van der Waals surface area contributed by atoms with Crippen LogP contribution in [0.25, 0.3) is 11.3 Å². The fraction of sp³-hybridized carbons (Fsp3) is 0.429. The zero-order chi connectivity index (χ0) is 21.3. The third-order valence-electron chi connectivity index (χ3n) is 5.69. The molecule has 1 heterocycles. The minimum atomic E-state index is -0.980. The number of ether oxygens (including phenoxy) is 1. The molecule has 2 aliphatic carbocycles. The van der Waals surface area contributed by atoms with Gasteiger partial charge >= 0.3 is 5.97 Å². The Bertz CT molecular complexity index is 977. The summed E-state index contributed by atoms with van der Waals surface area (Å²) in [5.74, 6) is -3.11. The van der Waals surface area contributed by atoms with Crippen molar-refractivity contribution in [2.45, 2.75) is 32.1 Å². The van der Waals surface area contributed by atoms with Crippen molar-refractivity contribution in [3.05, 3.63) is 35.2 Å². The number of halogens is 2. The van der Waals surface area contributed by atoms with Crippen LogP contribution in [0.1, 0.15) is 32.1 Å². The van der Waals surface area contributed by atoms with E-state index in [9.17, 15) is 23.2 Å². The first-order valence-electron chi connectivity index (χ1n) is 9.82. The van der Waals surface area contributed by atoms with Gasteiger partial charge in [0.15, 0.2) is 23.4 Å². The summed E-state index contributed by atoms with van der Waals surface area (Å²) in [4.78, 5) is 40.8. The molecule has 4 rings (SSSR count). The van der Waals surface area contributed by atoms with E-state index < -0.39 is 30.1 Å². The first-order chi connectivity index (χ1) is 14.4. The van der Waals surface area contributed by atoms with Crippen molar-refractivity contribution in [1.82, 2.24) is 4.98 Å². The Labute approximate surface area is 175 Å². The molecule has 6 nitrogen and oxygen atoms in total. The van der Waals surface area contributed by atoms with Crippen LogP contribution in [-0.2, 0) is 19.1 Å². The van der Waals surface area contributed by atoms with E-state index in [4.69, 9.17) is 4.74 Å². The molecule has 1 N–H and O–H groups in total. The van der Waals surface area contributed by atoms with Crippen LogP contribution in [0, 0.1) is 29.4 Å². The standard InChI is InChI=1S/C21H20F2N2O4S/c22-15-5-4-11(8-16(15)23)17-10-30-21(24-17)25-18(26)9-29-20(28)14-6-12-2-1-3-13(7-14)19(12)27/h4-5,8,10,12-14H,1-3,6-7,9H2,(H,24,25,26)/t12-,13+,14?. The number of Topliss-reactive ketones (excluding diaryl/α,β-unsaturated/α-hetero) is 1. The number of ketones is 1. The second-order valence-electron chi connectivity index (χ2n) is 7.72. The van der Waals surface area contributed by atoms with E-state index in [2.05, 4.69) is 10.3 Å². The fourth-order valence-corrected chi connectivity index (χ4v) is 4.94. The summed E-state index contributed by atoms with van der Waals surface area (Å²) in [5.41, 5.74) is 0.777. The van der Waals surface area contributed by atoms with Gasteiger partial charge in [-0.05, 0) is 43.9 Å². The molecule has 0 saturated heterocycles. The number of fused-ring (bicyclic) bond motifs is 2. The molecule has 2 saturated carbocycles. The van der Waals surface area contributed by atoms with Crippen LogP contribution in [-0.4, -0.2) is 29.3 Å². The Morgan fingerprint density at radius 3 is 2.60 bits per heavy atom. The van der Waals surface area contributed by atoms with Crippen molar-refractivity contribution in [3.8, 4) is 11.3 Å². The topological polar surface area (TPSA) is 85.4 Å². The highest BCUT2D eigenvalue weighted by molar-refractivity contribution is 7.14. The van der Waals surface area contributed by atoms with Gasteiger partial charge in [0.1, 0.15) is 5.78 Å². The largest absolute Gasteiger partial charge is 0.455 e. The number of anilines is 1. The van der Waals surface area contributed by atoms with Crippen LogP contribution in [0.4, 0.5) is 13.9 Å². The third-order valence-corrected chi connectivity index (χ3v) is 6.45. The summed E-state index contributed by atoms with van der Waals surface area (Å²) < 4.78 is 31.6. The number of aromatic nitrogens is 1. The number of thiazole rings is 1. The van der Waals surface area contributed by atoms with Crippen molar-refractivity contribution in [1.29, 1.82) is 0 Å². The van der Waals surface area contributed by atoms with Gasteiger partial charge in [-0.2, -0.15) is 0 Å². The monoisotopic (exact) mass is 434 g/mol. The third kappa shape index (κ3) is 4.40. The Hall–Kier alpha value is -2.68. The van der Waals surface area contributed by atoms with E-state index in [1.54, 1.807) is 5.38 Å². The number of esters is 1. The summed E-state index contributed by atoms with van der Waals surface area (Å²) in [6.07, 6.45) is 3.67. The van der Waals surface area contributed by atoms with E-state index in [-0.39, 0.29) is 28.7 Å². The lowest BCUT2D eigenvalue weighted by Crippen LogP contribution is -2.40. The lowest BCUT2D eigenvalue weighted by Gasteiger charge is -2.36. The molecule has 158 valence electrons. The van der Waals surface area contributed by atoms with Gasteiger partial charge in [-0.1, -0.05) is 6.42 Å². The minimum Gasteiger partial charge on any atom is -0.455 e. The van der Waals surface area contributed by atoms with Gasteiger partial charge in [0.2, 0.25) is 0 Å². The molecule has 0 radical (unpaired) electrons. The maximum atomic E-state index is 13.4. The molecule has 30 heavy (non-hydrogen) atoms. The Kier molecular flexibility index (Phi) is 5.90. The van der Waals surface area contributed by atoms with Crippen molar-refractivity contribution >= 4 is 34.1 Å². The van der Waals surface area contributed by atoms with Gasteiger partial charge in [0.05, 0.1) is 11.6 Å². The summed E-state index contributed by atoms with van der Waals surface area (Å²) in [7, 11) is 0. The van der Waals surface area contributed by atoms with E-state index in [1.165, 1.54) is 6.07 Å². The number of amides is 1. The van der Waals surface area contributed by atoms with Gasteiger partial charge in [-0.15, -0.1) is 11.3 Å². The summed E-state index contributed by atoms with van der Waals surface area (Å²) >= 11 is 1.12. The van der Waals surface area contributed by atoms with Gasteiger partial charge in [0, 0.05) is 22.8 Å². The molecule has 2 fully saturated rings. The zero-order valence-electron chi connectivity index (χ0n) is 16.0. The van der Waals surface area contributed by atoms with Crippen LogP contribution in [0.15, 0.2) is 23.6 Å². The number of benzene rings is 1. The number of nitrogens with zero attached hydrogens (tertiary/aromatic N) is 1. The molecule has 3 atom stereocenters. The molecule has 0 spiro atoms. The van der Waals surface area contributed by atoms with Crippen LogP contribution in [0.3, 0.4) is 0 Å². The number of rotatable bonds is 5. The first kappa shape index (κ1) is 20.6. The normalized spacial score (nSPS) is 23.1. The first-order valence-corrected chi connectivity index (χ1v) is 10.7. The highest BCUT2D eigenvalue weighted by Gasteiger charge is 2.41. The van der Waals surface area contributed by atoms with Crippen molar-refractivity contribution < 1.29 is 27.9 Å². The molecule has 1 amide bonds. The van der Waals surface area contributed by atoms with Gasteiger partial charge in [-0.25, -0.2) is 13.8 Å². The SMILES string of the molecule is O=C(COC(=O)C1C[C@H]2CCC[C@@H](C1)C2=O)Nc1nc(-c2ccc(F)c(F)c2)cs1. The molecule has 2 aliphatic rings.